The van der Waals surface area contributed by atoms with E-state index in [0.29, 0.717) is 6.54 Å². The normalized spacial score (nSPS) is 15.5. The first-order valence-electron chi connectivity index (χ1n) is 7.77. The van der Waals surface area contributed by atoms with Gasteiger partial charge in [-0.3, -0.25) is 19.8 Å². The van der Waals surface area contributed by atoms with Gasteiger partial charge in [0.05, 0.1) is 16.8 Å². The number of piperazine rings is 1. The molecule has 0 bridgehead atoms. The van der Waals surface area contributed by atoms with Crippen LogP contribution in [0.2, 0.25) is 0 Å². The quantitative estimate of drug-likeness (QED) is 0.615. The van der Waals surface area contributed by atoms with Crippen LogP contribution in [0.25, 0.3) is 0 Å². The smallest absolute Gasteiger partial charge is 0.269 e. The van der Waals surface area contributed by atoms with E-state index >= 15 is 0 Å². The Bertz CT molecular complexity index is 796. The van der Waals surface area contributed by atoms with Crippen LogP contribution in [0.4, 0.5) is 11.4 Å². The van der Waals surface area contributed by atoms with Crippen LogP contribution in [0.15, 0.2) is 41.3 Å². The second kappa shape index (κ2) is 6.79. The van der Waals surface area contributed by atoms with Gasteiger partial charge in [0.25, 0.3) is 11.2 Å². The molecule has 1 aliphatic heterocycles. The zero-order valence-electron chi connectivity index (χ0n) is 13.5. The Morgan fingerprint density at radius 2 is 1.96 bits per heavy atom. The number of hydrogen-bond donors (Lipinski definition) is 0. The maximum absolute atomic E-state index is 11.7. The van der Waals surface area contributed by atoms with Crippen LogP contribution in [0.1, 0.15) is 5.56 Å². The summed E-state index contributed by atoms with van der Waals surface area (Å²) in [6.45, 7) is 3.94. The van der Waals surface area contributed by atoms with Crippen molar-refractivity contribution in [2.24, 2.45) is 7.05 Å². The van der Waals surface area contributed by atoms with Crippen molar-refractivity contribution in [2.45, 2.75) is 6.54 Å². The minimum Gasteiger partial charge on any atom is -0.368 e. The lowest BCUT2D eigenvalue weighted by molar-refractivity contribution is -0.384. The van der Waals surface area contributed by atoms with E-state index in [1.807, 2.05) is 6.07 Å². The van der Waals surface area contributed by atoms with Crippen LogP contribution in [-0.2, 0) is 13.6 Å². The van der Waals surface area contributed by atoms with Crippen LogP contribution in [0.5, 0.6) is 0 Å². The Morgan fingerprint density at radius 3 is 2.62 bits per heavy atom. The summed E-state index contributed by atoms with van der Waals surface area (Å²) in [5, 5.41) is 14.9. The number of aromatic nitrogens is 2. The topological polar surface area (TPSA) is 84.5 Å². The molecule has 24 heavy (non-hydrogen) atoms. The van der Waals surface area contributed by atoms with E-state index in [1.54, 1.807) is 31.4 Å². The fourth-order valence-electron chi connectivity index (χ4n) is 2.82. The molecule has 126 valence electrons. The monoisotopic (exact) mass is 329 g/mol. The van der Waals surface area contributed by atoms with Gasteiger partial charge >= 0.3 is 0 Å². The average Bonchev–Trinajstić information content (AvgIpc) is 2.58. The second-order valence-electron chi connectivity index (χ2n) is 5.87. The Hall–Kier alpha value is -2.74. The molecule has 8 nitrogen and oxygen atoms in total. The number of rotatable bonds is 4. The van der Waals surface area contributed by atoms with Gasteiger partial charge in [0.1, 0.15) is 0 Å². The molecule has 0 spiro atoms. The number of hydrogen-bond acceptors (Lipinski definition) is 6. The predicted octanol–water partition coefficient (Wildman–Crippen LogP) is 1.01. The second-order valence-corrected chi connectivity index (χ2v) is 5.87. The maximum atomic E-state index is 11.7. The zero-order valence-corrected chi connectivity index (χ0v) is 13.5. The third kappa shape index (κ3) is 3.60. The van der Waals surface area contributed by atoms with Crippen molar-refractivity contribution in [2.75, 3.05) is 31.1 Å². The molecule has 1 aliphatic rings. The van der Waals surface area contributed by atoms with Crippen molar-refractivity contribution in [1.29, 1.82) is 0 Å². The number of nitrogens with zero attached hydrogens (tertiary/aromatic N) is 5. The first kappa shape index (κ1) is 16.1. The van der Waals surface area contributed by atoms with Gasteiger partial charge in [-0.1, -0.05) is 12.1 Å². The highest BCUT2D eigenvalue weighted by atomic mass is 16.6. The Labute approximate surface area is 139 Å². The van der Waals surface area contributed by atoms with Gasteiger partial charge in [-0.25, -0.2) is 4.68 Å². The molecule has 0 amide bonds. The van der Waals surface area contributed by atoms with Gasteiger partial charge in [0.15, 0.2) is 0 Å². The van der Waals surface area contributed by atoms with Crippen molar-refractivity contribution >= 4 is 11.4 Å². The molecule has 1 saturated heterocycles. The molecule has 2 aromatic rings. The van der Waals surface area contributed by atoms with Crippen molar-refractivity contribution in [3.05, 3.63) is 62.6 Å². The first-order valence-corrected chi connectivity index (χ1v) is 7.77. The van der Waals surface area contributed by atoms with Crippen LogP contribution in [-0.4, -0.2) is 45.8 Å². The lowest BCUT2D eigenvalue weighted by Crippen LogP contribution is -2.46. The standard InChI is InChI=1S/C16H19N5O3/c1-18-16(22)10-15(11-17-18)20-7-5-19(6-8-20)12-13-3-2-4-14(9-13)21(23)24/h2-4,9-11H,5-8,12H2,1H3. The Kier molecular flexibility index (Phi) is 4.57. The molecule has 0 N–H and O–H groups in total. The summed E-state index contributed by atoms with van der Waals surface area (Å²) < 4.78 is 1.31. The van der Waals surface area contributed by atoms with Crippen molar-refractivity contribution in [3.63, 3.8) is 0 Å². The lowest BCUT2D eigenvalue weighted by Gasteiger charge is -2.35. The molecule has 8 heteroatoms. The van der Waals surface area contributed by atoms with Crippen LogP contribution >= 0.6 is 0 Å². The predicted molar refractivity (Wildman–Crippen MR) is 90.1 cm³/mol. The van der Waals surface area contributed by atoms with Crippen LogP contribution < -0.4 is 10.5 Å². The van der Waals surface area contributed by atoms with Gasteiger partial charge in [-0.15, -0.1) is 0 Å². The molecule has 0 radical (unpaired) electrons. The van der Waals surface area contributed by atoms with Crippen LogP contribution in [0.3, 0.4) is 0 Å². The minimum atomic E-state index is -0.371. The minimum absolute atomic E-state index is 0.119. The molecule has 2 heterocycles. The molecule has 0 aliphatic carbocycles. The number of benzene rings is 1. The molecular weight excluding hydrogens is 310 g/mol. The van der Waals surface area contributed by atoms with E-state index in [-0.39, 0.29) is 16.2 Å². The number of aryl methyl sites for hydroxylation is 1. The summed E-state index contributed by atoms with van der Waals surface area (Å²) in [5.41, 5.74) is 1.78. The number of nitro groups is 1. The lowest BCUT2D eigenvalue weighted by atomic mass is 10.1. The summed E-state index contributed by atoms with van der Waals surface area (Å²) in [7, 11) is 1.63. The summed E-state index contributed by atoms with van der Waals surface area (Å²) >= 11 is 0. The first-order chi connectivity index (χ1) is 11.5. The third-order valence-electron chi connectivity index (χ3n) is 4.22. The van der Waals surface area contributed by atoms with Crippen molar-refractivity contribution in [1.82, 2.24) is 14.7 Å². The molecule has 0 unspecified atom stereocenters. The molecule has 1 aromatic heterocycles. The fraction of sp³-hybridized carbons (Fsp3) is 0.375. The van der Waals surface area contributed by atoms with E-state index in [2.05, 4.69) is 14.9 Å². The number of nitro benzene ring substituents is 1. The Balaban J connectivity index is 1.61. The molecule has 0 saturated carbocycles. The summed E-state index contributed by atoms with van der Waals surface area (Å²) in [5.74, 6) is 0. The molecule has 1 fully saturated rings. The van der Waals surface area contributed by atoms with E-state index in [1.165, 1.54) is 10.7 Å². The fourth-order valence-corrected chi connectivity index (χ4v) is 2.82. The summed E-state index contributed by atoms with van der Waals surface area (Å²) in [4.78, 5) is 26.6. The van der Waals surface area contributed by atoms with Gasteiger partial charge in [0.2, 0.25) is 0 Å². The Morgan fingerprint density at radius 1 is 1.21 bits per heavy atom. The van der Waals surface area contributed by atoms with E-state index < -0.39 is 0 Å². The van der Waals surface area contributed by atoms with Crippen LogP contribution in [0, 0.1) is 10.1 Å². The van der Waals surface area contributed by atoms with Gasteiger partial charge < -0.3 is 4.90 Å². The summed E-state index contributed by atoms with van der Waals surface area (Å²) in [6, 6.07) is 8.35. The highest BCUT2D eigenvalue weighted by Crippen LogP contribution is 2.17. The maximum Gasteiger partial charge on any atom is 0.269 e. The van der Waals surface area contributed by atoms with E-state index in [9.17, 15) is 14.9 Å². The third-order valence-corrected chi connectivity index (χ3v) is 4.22. The zero-order chi connectivity index (χ0) is 17.1. The van der Waals surface area contributed by atoms with E-state index in [4.69, 9.17) is 0 Å². The molecule has 1 aromatic carbocycles. The molecule has 0 atom stereocenters. The average molecular weight is 329 g/mol. The molecular formula is C16H19N5O3. The van der Waals surface area contributed by atoms with Crippen molar-refractivity contribution in [3.8, 4) is 0 Å². The molecule has 3 rings (SSSR count). The largest absolute Gasteiger partial charge is 0.368 e. The van der Waals surface area contributed by atoms with E-state index in [0.717, 1.165) is 37.4 Å². The summed E-state index contributed by atoms with van der Waals surface area (Å²) in [6.07, 6.45) is 1.71. The highest BCUT2D eigenvalue weighted by molar-refractivity contribution is 5.43. The number of anilines is 1. The van der Waals surface area contributed by atoms with Crippen molar-refractivity contribution < 1.29 is 4.92 Å². The van der Waals surface area contributed by atoms with Gasteiger partial charge in [0, 0.05) is 58.0 Å². The van der Waals surface area contributed by atoms with Gasteiger partial charge in [-0.05, 0) is 5.56 Å². The number of non-ortho nitro benzene ring substituents is 1. The highest BCUT2D eigenvalue weighted by Gasteiger charge is 2.18. The van der Waals surface area contributed by atoms with Gasteiger partial charge in [-0.2, -0.15) is 5.10 Å². The SMILES string of the molecule is Cn1ncc(N2CCN(Cc3cccc([N+](=O)[O-])c3)CC2)cc1=O.